The number of aliphatic imine (C=N–C) groups is 1. The summed E-state index contributed by atoms with van der Waals surface area (Å²) in [6.45, 7) is 5.50. The maximum atomic E-state index is 12.5. The van der Waals surface area contributed by atoms with Crippen molar-refractivity contribution in [2.75, 3.05) is 32.4 Å². The second-order valence-corrected chi connectivity index (χ2v) is 8.28. The summed E-state index contributed by atoms with van der Waals surface area (Å²) in [6.07, 6.45) is -2.72. The van der Waals surface area contributed by atoms with Gasteiger partial charge < -0.3 is 10.6 Å². The van der Waals surface area contributed by atoms with Crippen molar-refractivity contribution in [2.24, 2.45) is 4.99 Å². The molecule has 0 unspecified atom stereocenters. The molecule has 27 heavy (non-hydrogen) atoms. The van der Waals surface area contributed by atoms with E-state index in [1.807, 2.05) is 6.92 Å². The van der Waals surface area contributed by atoms with Crippen LogP contribution in [-0.2, 0) is 22.7 Å². The molecule has 0 saturated heterocycles. The Morgan fingerprint density at radius 1 is 1.33 bits per heavy atom. The predicted molar refractivity (Wildman–Crippen MR) is 112 cm³/mol. The molecule has 158 valence electrons. The molecule has 0 spiro atoms. The first kappa shape index (κ1) is 26.3. The van der Waals surface area contributed by atoms with Gasteiger partial charge in [-0.05, 0) is 13.3 Å². The quantitative estimate of drug-likeness (QED) is 0.217. The van der Waals surface area contributed by atoms with Gasteiger partial charge in [-0.1, -0.05) is 6.92 Å². The van der Waals surface area contributed by atoms with E-state index in [-0.39, 0.29) is 35.5 Å². The molecule has 0 aromatic carbocycles. The van der Waals surface area contributed by atoms with Gasteiger partial charge in [-0.3, -0.25) is 0 Å². The number of nitrogens with zero attached hydrogens (tertiary/aromatic N) is 3. The van der Waals surface area contributed by atoms with E-state index in [0.717, 1.165) is 16.7 Å². The normalized spacial score (nSPS) is 12.8. The van der Waals surface area contributed by atoms with Gasteiger partial charge in [0.25, 0.3) is 0 Å². The molecule has 13 heteroatoms. The second kappa shape index (κ2) is 12.0. The second-order valence-electron chi connectivity index (χ2n) is 5.35. The number of halogens is 4. The first-order chi connectivity index (χ1) is 12.1. The molecule has 0 aliphatic heterocycles. The molecule has 0 amide bonds. The summed E-state index contributed by atoms with van der Waals surface area (Å²) in [4.78, 5) is 7.74. The van der Waals surface area contributed by atoms with Crippen molar-refractivity contribution in [1.29, 1.82) is 0 Å². The molecule has 1 aromatic rings. The SMILES string of the molecule is CCNC(=NCc1nc(C(F)(F)F)cs1)NCCCN(CC)S(C)(=O)=O.I. The Balaban J connectivity index is 0.00000676. The summed E-state index contributed by atoms with van der Waals surface area (Å²) >= 11 is 0.907. The van der Waals surface area contributed by atoms with Crippen LogP contribution in [0.2, 0.25) is 0 Å². The van der Waals surface area contributed by atoms with Crippen LogP contribution in [0.3, 0.4) is 0 Å². The largest absolute Gasteiger partial charge is 0.434 e. The van der Waals surface area contributed by atoms with Crippen LogP contribution in [0.1, 0.15) is 31.0 Å². The Morgan fingerprint density at radius 2 is 2.00 bits per heavy atom. The van der Waals surface area contributed by atoms with Crippen molar-refractivity contribution in [3.05, 3.63) is 16.1 Å². The molecule has 0 aliphatic rings. The van der Waals surface area contributed by atoms with Crippen LogP contribution >= 0.6 is 35.3 Å². The van der Waals surface area contributed by atoms with Crippen LogP contribution in [0.5, 0.6) is 0 Å². The zero-order chi connectivity index (χ0) is 19.8. The molecule has 7 nitrogen and oxygen atoms in total. The number of hydrogen-bond acceptors (Lipinski definition) is 5. The highest BCUT2D eigenvalue weighted by Gasteiger charge is 2.33. The molecule has 0 saturated carbocycles. The number of hydrogen-bond donors (Lipinski definition) is 2. The third kappa shape index (κ3) is 9.89. The van der Waals surface area contributed by atoms with Gasteiger partial charge >= 0.3 is 6.18 Å². The van der Waals surface area contributed by atoms with Crippen molar-refractivity contribution in [2.45, 2.75) is 33.0 Å². The molecule has 0 radical (unpaired) electrons. The van der Waals surface area contributed by atoms with Crippen molar-refractivity contribution < 1.29 is 21.6 Å². The standard InChI is InChI=1S/C14H24F3N5O2S2.HI/c1-4-18-13(19-7-6-8-22(5-2)26(3,23)24)20-9-12-21-11(10-25-12)14(15,16)17;/h10H,4-9H2,1-3H3,(H2,18,19,20);1H. The minimum absolute atomic E-state index is 0. The fourth-order valence-electron chi connectivity index (χ4n) is 2.02. The molecule has 0 fully saturated rings. The minimum atomic E-state index is -4.45. The van der Waals surface area contributed by atoms with Crippen LogP contribution in [0.15, 0.2) is 10.4 Å². The first-order valence-electron chi connectivity index (χ1n) is 8.06. The Bertz CT molecular complexity index is 695. The number of aromatic nitrogens is 1. The van der Waals surface area contributed by atoms with Crippen LogP contribution < -0.4 is 10.6 Å². The van der Waals surface area contributed by atoms with Crippen LogP contribution in [0.25, 0.3) is 0 Å². The maximum Gasteiger partial charge on any atom is 0.434 e. The van der Waals surface area contributed by atoms with Gasteiger partial charge in [-0.25, -0.2) is 22.7 Å². The van der Waals surface area contributed by atoms with Gasteiger partial charge in [-0.2, -0.15) is 13.2 Å². The van der Waals surface area contributed by atoms with E-state index in [9.17, 15) is 21.6 Å². The Labute approximate surface area is 178 Å². The van der Waals surface area contributed by atoms with E-state index in [1.165, 1.54) is 10.6 Å². The highest BCUT2D eigenvalue weighted by atomic mass is 127. The third-order valence-electron chi connectivity index (χ3n) is 3.26. The molecule has 1 heterocycles. The topological polar surface area (TPSA) is 86.7 Å². The summed E-state index contributed by atoms with van der Waals surface area (Å²) in [5, 5.41) is 7.25. The molecular formula is C14H25F3IN5O2S2. The number of sulfonamides is 1. The predicted octanol–water partition coefficient (Wildman–Crippen LogP) is 2.51. The van der Waals surface area contributed by atoms with Gasteiger partial charge in [0.05, 0.1) is 12.8 Å². The van der Waals surface area contributed by atoms with Crippen LogP contribution in [0.4, 0.5) is 13.2 Å². The van der Waals surface area contributed by atoms with Crippen molar-refractivity contribution in [3.63, 3.8) is 0 Å². The zero-order valence-electron chi connectivity index (χ0n) is 15.3. The van der Waals surface area contributed by atoms with Crippen LogP contribution in [0, 0.1) is 0 Å². The van der Waals surface area contributed by atoms with E-state index >= 15 is 0 Å². The van der Waals surface area contributed by atoms with Gasteiger partial charge in [0.1, 0.15) is 5.01 Å². The zero-order valence-corrected chi connectivity index (χ0v) is 19.3. The van der Waals surface area contributed by atoms with Crippen molar-refractivity contribution in [3.8, 4) is 0 Å². The monoisotopic (exact) mass is 543 g/mol. The Morgan fingerprint density at radius 3 is 2.48 bits per heavy atom. The van der Waals surface area contributed by atoms with E-state index in [0.29, 0.717) is 38.6 Å². The highest BCUT2D eigenvalue weighted by molar-refractivity contribution is 14.0. The number of alkyl halides is 3. The fourth-order valence-corrected chi connectivity index (χ4v) is 3.68. The maximum absolute atomic E-state index is 12.5. The Hall–Kier alpha value is -0.670. The van der Waals surface area contributed by atoms with Gasteiger partial charge in [0, 0.05) is 31.6 Å². The summed E-state index contributed by atoms with van der Waals surface area (Å²) in [6, 6.07) is 0. The van der Waals surface area contributed by atoms with E-state index in [2.05, 4.69) is 20.6 Å². The fraction of sp³-hybridized carbons (Fsp3) is 0.714. The molecule has 1 aromatic heterocycles. The lowest BCUT2D eigenvalue weighted by atomic mass is 10.4. The smallest absolute Gasteiger partial charge is 0.357 e. The average molecular weight is 543 g/mol. The molecule has 2 N–H and O–H groups in total. The van der Waals surface area contributed by atoms with E-state index in [1.54, 1.807) is 6.92 Å². The van der Waals surface area contributed by atoms with Gasteiger partial charge in [0.15, 0.2) is 11.7 Å². The lowest BCUT2D eigenvalue weighted by molar-refractivity contribution is -0.140. The molecule has 1 rings (SSSR count). The van der Waals surface area contributed by atoms with Gasteiger partial charge in [0.2, 0.25) is 10.0 Å². The van der Waals surface area contributed by atoms with E-state index in [4.69, 9.17) is 0 Å². The number of nitrogens with one attached hydrogen (secondary N) is 2. The average Bonchev–Trinajstić information content (AvgIpc) is 3.00. The van der Waals surface area contributed by atoms with E-state index < -0.39 is 21.9 Å². The number of guanidine groups is 1. The van der Waals surface area contributed by atoms with Crippen molar-refractivity contribution >= 4 is 51.3 Å². The van der Waals surface area contributed by atoms with Gasteiger partial charge in [-0.15, -0.1) is 35.3 Å². The molecule has 0 bridgehead atoms. The lowest BCUT2D eigenvalue weighted by Crippen LogP contribution is -2.39. The first-order valence-corrected chi connectivity index (χ1v) is 10.8. The summed E-state index contributed by atoms with van der Waals surface area (Å²) in [5.41, 5.74) is -0.911. The summed E-state index contributed by atoms with van der Waals surface area (Å²) in [7, 11) is -3.22. The highest BCUT2D eigenvalue weighted by Crippen LogP contribution is 2.30. The molecule has 0 aliphatic carbocycles. The number of thiazole rings is 1. The van der Waals surface area contributed by atoms with Crippen LogP contribution in [-0.4, -0.2) is 56.1 Å². The molecule has 0 atom stereocenters. The molecular weight excluding hydrogens is 518 g/mol. The Kier molecular flexibility index (Phi) is 11.7. The number of rotatable bonds is 9. The third-order valence-corrected chi connectivity index (χ3v) is 5.47. The summed E-state index contributed by atoms with van der Waals surface area (Å²) < 4.78 is 62.0. The lowest BCUT2D eigenvalue weighted by Gasteiger charge is -2.18. The minimum Gasteiger partial charge on any atom is -0.357 e. The van der Waals surface area contributed by atoms with Crippen molar-refractivity contribution in [1.82, 2.24) is 19.9 Å². The summed E-state index contributed by atoms with van der Waals surface area (Å²) in [5.74, 6) is 0.443.